The molecule has 18 heavy (non-hydrogen) atoms. The summed E-state index contributed by atoms with van der Waals surface area (Å²) in [5.41, 5.74) is 1.05. The van der Waals surface area contributed by atoms with E-state index in [1.54, 1.807) is 12.5 Å². The Labute approximate surface area is 110 Å². The summed E-state index contributed by atoms with van der Waals surface area (Å²) < 4.78 is 2.04. The first-order valence-electron chi connectivity index (χ1n) is 5.57. The number of carbonyl (C=O) groups excluding carboxylic acids is 1. The van der Waals surface area contributed by atoms with Crippen LogP contribution in [0.25, 0.3) is 0 Å². The van der Waals surface area contributed by atoms with Crippen molar-refractivity contribution in [2.45, 2.75) is 31.7 Å². The maximum atomic E-state index is 10.8. The van der Waals surface area contributed by atoms with Gasteiger partial charge in [-0.15, -0.1) is 0 Å². The summed E-state index contributed by atoms with van der Waals surface area (Å²) >= 11 is 1.46. The number of amides is 1. The summed E-state index contributed by atoms with van der Waals surface area (Å²) in [7, 11) is 0. The van der Waals surface area contributed by atoms with Crippen LogP contribution < -0.4 is 5.32 Å². The highest BCUT2D eigenvalue weighted by atomic mass is 32.2. The Morgan fingerprint density at radius 2 is 2.39 bits per heavy atom. The Bertz CT molecular complexity index is 406. The van der Waals surface area contributed by atoms with Gasteiger partial charge in [-0.25, -0.2) is 9.78 Å². The Morgan fingerprint density at radius 1 is 1.67 bits per heavy atom. The summed E-state index contributed by atoms with van der Waals surface area (Å²) in [6, 6.07) is -0.519. The largest absolute Gasteiger partial charge is 0.480 e. The fourth-order valence-corrected chi connectivity index (χ4v) is 2.49. The highest BCUT2D eigenvalue weighted by molar-refractivity contribution is 7.98. The molecule has 1 aromatic rings. The van der Waals surface area contributed by atoms with Gasteiger partial charge in [0.15, 0.2) is 0 Å². The van der Waals surface area contributed by atoms with Gasteiger partial charge in [0.2, 0.25) is 6.41 Å². The molecule has 7 heteroatoms. The molecule has 0 spiro atoms. The second-order valence-electron chi connectivity index (χ2n) is 4.08. The number of rotatable bonds is 8. The predicted octanol–water partition coefficient (Wildman–Crippen LogP) is 0.896. The van der Waals surface area contributed by atoms with Crippen LogP contribution in [0.5, 0.6) is 0 Å². The minimum absolute atomic E-state index is 0.325. The summed E-state index contributed by atoms with van der Waals surface area (Å²) in [5, 5.41) is 11.1. The molecule has 0 aliphatic heterocycles. The number of carbonyl (C=O) groups is 2. The number of nitrogens with one attached hydrogen (secondary N) is 1. The number of imidazole rings is 1. The fraction of sp³-hybridized carbons (Fsp3) is 0.545. The number of hydrogen-bond acceptors (Lipinski definition) is 4. The third-order valence-electron chi connectivity index (χ3n) is 2.40. The Hall–Kier alpha value is -1.50. The molecule has 1 rings (SSSR count). The molecular weight excluding hydrogens is 254 g/mol. The van der Waals surface area contributed by atoms with Crippen LogP contribution in [0.1, 0.15) is 25.6 Å². The number of thioether (sulfide) groups is 1. The molecule has 1 heterocycles. The van der Waals surface area contributed by atoms with E-state index in [1.807, 2.05) is 4.57 Å². The van der Waals surface area contributed by atoms with Crippen LogP contribution in [0.2, 0.25) is 0 Å². The van der Waals surface area contributed by atoms with Gasteiger partial charge in [-0.3, -0.25) is 4.79 Å². The van der Waals surface area contributed by atoms with E-state index in [9.17, 15) is 9.59 Å². The third kappa shape index (κ3) is 4.06. The molecule has 0 saturated heterocycles. The highest BCUT2D eigenvalue weighted by Gasteiger charge is 2.16. The molecule has 0 aromatic carbocycles. The van der Waals surface area contributed by atoms with Crippen molar-refractivity contribution in [2.75, 3.05) is 5.75 Å². The normalized spacial score (nSPS) is 12.4. The van der Waals surface area contributed by atoms with E-state index >= 15 is 0 Å². The first-order chi connectivity index (χ1) is 8.56. The van der Waals surface area contributed by atoms with Crippen molar-refractivity contribution in [3.63, 3.8) is 0 Å². The maximum Gasteiger partial charge on any atom is 0.327 e. The van der Waals surface area contributed by atoms with Gasteiger partial charge in [0.1, 0.15) is 6.04 Å². The van der Waals surface area contributed by atoms with Crippen LogP contribution >= 0.6 is 11.8 Å². The van der Waals surface area contributed by atoms with E-state index in [0.29, 0.717) is 24.0 Å². The van der Waals surface area contributed by atoms with Crippen LogP contribution in [0.4, 0.5) is 0 Å². The van der Waals surface area contributed by atoms with E-state index < -0.39 is 12.0 Å². The van der Waals surface area contributed by atoms with Crippen LogP contribution in [-0.2, 0) is 15.3 Å². The fourth-order valence-electron chi connectivity index (χ4n) is 1.46. The lowest BCUT2D eigenvalue weighted by Crippen LogP contribution is -2.37. The number of aromatic nitrogens is 2. The van der Waals surface area contributed by atoms with E-state index in [2.05, 4.69) is 24.1 Å². The van der Waals surface area contributed by atoms with Gasteiger partial charge in [0.25, 0.3) is 0 Å². The minimum atomic E-state index is -1.02. The lowest BCUT2D eigenvalue weighted by molar-refractivity contribution is -0.139. The number of aliphatic carboxylic acids is 1. The van der Waals surface area contributed by atoms with Crippen molar-refractivity contribution in [1.82, 2.24) is 14.9 Å². The maximum absolute atomic E-state index is 10.8. The smallest absolute Gasteiger partial charge is 0.327 e. The van der Waals surface area contributed by atoms with Gasteiger partial charge in [0.05, 0.1) is 6.33 Å². The molecule has 1 aromatic heterocycles. The second-order valence-corrected chi connectivity index (χ2v) is 5.11. The Balaban J connectivity index is 2.47. The highest BCUT2D eigenvalue weighted by Crippen LogP contribution is 2.16. The monoisotopic (exact) mass is 271 g/mol. The van der Waals surface area contributed by atoms with Gasteiger partial charge >= 0.3 is 5.97 Å². The third-order valence-corrected chi connectivity index (χ3v) is 3.47. The molecule has 0 bridgehead atoms. The SMILES string of the molecule is CC(C)n1cncc1CSCC(NC=O)C(=O)O. The van der Waals surface area contributed by atoms with Gasteiger partial charge in [-0.2, -0.15) is 11.8 Å². The van der Waals surface area contributed by atoms with Crippen molar-refractivity contribution in [3.05, 3.63) is 18.2 Å². The van der Waals surface area contributed by atoms with Crippen molar-refractivity contribution < 1.29 is 14.7 Å². The molecular formula is C11H17N3O3S. The molecule has 0 aliphatic carbocycles. The summed E-state index contributed by atoms with van der Waals surface area (Å²) in [4.78, 5) is 25.1. The van der Waals surface area contributed by atoms with Crippen LogP contribution in [-0.4, -0.2) is 38.8 Å². The van der Waals surface area contributed by atoms with E-state index in [-0.39, 0.29) is 0 Å². The number of hydrogen-bond donors (Lipinski definition) is 2. The second kappa shape index (κ2) is 7.05. The molecule has 0 fully saturated rings. The minimum Gasteiger partial charge on any atom is -0.480 e. The molecule has 0 aliphatic rings. The van der Waals surface area contributed by atoms with Crippen molar-refractivity contribution in [3.8, 4) is 0 Å². The van der Waals surface area contributed by atoms with Gasteiger partial charge in [-0.1, -0.05) is 0 Å². The van der Waals surface area contributed by atoms with Crippen molar-refractivity contribution >= 4 is 24.1 Å². The summed E-state index contributed by atoms with van der Waals surface area (Å²) in [6.45, 7) is 4.12. The van der Waals surface area contributed by atoms with E-state index in [1.165, 1.54) is 11.8 Å². The zero-order valence-corrected chi connectivity index (χ0v) is 11.2. The quantitative estimate of drug-likeness (QED) is 0.686. The average molecular weight is 271 g/mol. The zero-order valence-electron chi connectivity index (χ0n) is 10.4. The van der Waals surface area contributed by atoms with Gasteiger partial charge < -0.3 is 15.0 Å². The number of nitrogens with zero attached hydrogens (tertiary/aromatic N) is 2. The number of carboxylic acids is 1. The molecule has 1 amide bonds. The lowest BCUT2D eigenvalue weighted by atomic mass is 10.3. The molecule has 100 valence electrons. The average Bonchev–Trinajstić information content (AvgIpc) is 2.76. The van der Waals surface area contributed by atoms with E-state index in [0.717, 1.165) is 5.69 Å². The topological polar surface area (TPSA) is 84.2 Å². The zero-order chi connectivity index (χ0) is 13.5. The molecule has 1 unspecified atom stereocenters. The molecule has 0 radical (unpaired) electrons. The Kier molecular flexibility index (Phi) is 5.70. The first kappa shape index (κ1) is 14.6. The predicted molar refractivity (Wildman–Crippen MR) is 69.4 cm³/mol. The lowest BCUT2D eigenvalue weighted by Gasteiger charge is -2.13. The summed E-state index contributed by atoms with van der Waals surface area (Å²) in [5.74, 6) is -0.0215. The first-order valence-corrected chi connectivity index (χ1v) is 6.72. The molecule has 2 N–H and O–H groups in total. The van der Waals surface area contributed by atoms with Crippen molar-refractivity contribution in [1.29, 1.82) is 0 Å². The standard InChI is InChI=1S/C11H17N3O3S/c1-8(2)14-6-12-3-9(14)4-18-5-10(11(16)17)13-7-15/h3,6-8,10H,4-5H2,1-2H3,(H,13,15)(H,16,17). The molecule has 1 atom stereocenters. The van der Waals surface area contributed by atoms with Crippen LogP contribution in [0.15, 0.2) is 12.5 Å². The van der Waals surface area contributed by atoms with Gasteiger partial charge in [-0.05, 0) is 13.8 Å². The van der Waals surface area contributed by atoms with Crippen molar-refractivity contribution in [2.24, 2.45) is 0 Å². The molecule has 0 saturated carbocycles. The number of carboxylic acid groups (broad SMARTS) is 1. The van der Waals surface area contributed by atoms with Crippen LogP contribution in [0, 0.1) is 0 Å². The van der Waals surface area contributed by atoms with E-state index in [4.69, 9.17) is 5.11 Å². The van der Waals surface area contributed by atoms with Gasteiger partial charge in [0, 0.05) is 29.4 Å². The Morgan fingerprint density at radius 3 is 2.94 bits per heavy atom. The molecule has 6 nitrogen and oxygen atoms in total. The summed E-state index contributed by atoms with van der Waals surface area (Å²) in [6.07, 6.45) is 3.95. The van der Waals surface area contributed by atoms with Crippen LogP contribution in [0.3, 0.4) is 0 Å².